The molecule has 0 saturated carbocycles. The van der Waals surface area contributed by atoms with Crippen LogP contribution < -0.4 is 0 Å². The predicted molar refractivity (Wildman–Crippen MR) is 79.1 cm³/mol. The van der Waals surface area contributed by atoms with Crippen LogP contribution in [0.4, 0.5) is 0 Å². The molecule has 0 heterocycles. The Balaban J connectivity index is 2.72. The monoisotopic (exact) mass is 284 g/mol. The van der Waals surface area contributed by atoms with Crippen LogP contribution in [0.1, 0.15) is 44.3 Å². The van der Waals surface area contributed by atoms with Crippen LogP contribution in [0.5, 0.6) is 11.5 Å². The Morgan fingerprint density at radius 1 is 0.905 bits per heavy atom. The number of ketones is 2. The van der Waals surface area contributed by atoms with Gasteiger partial charge in [-0.25, -0.2) is 0 Å². The van der Waals surface area contributed by atoms with Gasteiger partial charge in [-0.05, 0) is 50.1 Å². The van der Waals surface area contributed by atoms with Crippen LogP contribution in [0, 0.1) is 13.8 Å². The van der Waals surface area contributed by atoms with E-state index in [0.717, 1.165) is 0 Å². The van der Waals surface area contributed by atoms with Crippen LogP contribution in [0.2, 0.25) is 0 Å². The quantitative estimate of drug-likeness (QED) is 0.670. The molecule has 0 aliphatic rings. The Kier molecular flexibility index (Phi) is 3.80. The van der Waals surface area contributed by atoms with E-state index in [0.29, 0.717) is 16.7 Å². The van der Waals surface area contributed by atoms with Gasteiger partial charge in [-0.15, -0.1) is 0 Å². The SMILES string of the molecule is CC(=O)c1c(C)ccc(C)c1C(=O)c1cc(O)ccc1O. The molecule has 0 bridgehead atoms. The van der Waals surface area contributed by atoms with E-state index in [9.17, 15) is 19.8 Å². The largest absolute Gasteiger partial charge is 0.508 e. The molecule has 108 valence electrons. The molecule has 0 unspecified atom stereocenters. The fraction of sp³-hybridized carbons (Fsp3) is 0.176. The molecule has 0 atom stereocenters. The third kappa shape index (κ3) is 2.65. The van der Waals surface area contributed by atoms with Crippen molar-refractivity contribution in [3.05, 3.63) is 58.1 Å². The summed E-state index contributed by atoms with van der Waals surface area (Å²) in [4.78, 5) is 24.6. The number of benzene rings is 2. The summed E-state index contributed by atoms with van der Waals surface area (Å²) in [6.45, 7) is 4.90. The first-order chi connectivity index (χ1) is 9.82. The lowest BCUT2D eigenvalue weighted by molar-refractivity contribution is 0.0988. The highest BCUT2D eigenvalue weighted by molar-refractivity contribution is 6.17. The van der Waals surface area contributed by atoms with Crippen molar-refractivity contribution < 1.29 is 19.8 Å². The van der Waals surface area contributed by atoms with Gasteiger partial charge in [0.15, 0.2) is 11.6 Å². The van der Waals surface area contributed by atoms with Crippen LogP contribution in [0.15, 0.2) is 30.3 Å². The van der Waals surface area contributed by atoms with Crippen molar-refractivity contribution in [3.63, 3.8) is 0 Å². The van der Waals surface area contributed by atoms with Gasteiger partial charge < -0.3 is 10.2 Å². The Morgan fingerprint density at radius 3 is 2.05 bits per heavy atom. The molecule has 0 fully saturated rings. The Labute approximate surface area is 122 Å². The Morgan fingerprint density at radius 2 is 1.48 bits per heavy atom. The second kappa shape index (κ2) is 5.40. The average molecular weight is 284 g/mol. The summed E-state index contributed by atoms with van der Waals surface area (Å²) in [6.07, 6.45) is 0. The summed E-state index contributed by atoms with van der Waals surface area (Å²) >= 11 is 0. The number of phenols is 2. The third-order valence-electron chi connectivity index (χ3n) is 3.43. The summed E-state index contributed by atoms with van der Waals surface area (Å²) in [5, 5.41) is 19.3. The topological polar surface area (TPSA) is 74.6 Å². The molecular weight excluding hydrogens is 268 g/mol. The number of hydrogen-bond acceptors (Lipinski definition) is 4. The zero-order valence-electron chi connectivity index (χ0n) is 12.1. The molecule has 0 amide bonds. The fourth-order valence-corrected chi connectivity index (χ4v) is 2.40. The molecule has 0 radical (unpaired) electrons. The summed E-state index contributed by atoms with van der Waals surface area (Å²) in [5.41, 5.74) is 1.95. The molecule has 2 rings (SSSR count). The van der Waals surface area contributed by atoms with Gasteiger partial charge in [0.1, 0.15) is 11.5 Å². The summed E-state index contributed by atoms with van der Waals surface area (Å²) in [7, 11) is 0. The molecule has 4 heteroatoms. The standard InChI is InChI=1S/C17H16O4/c1-9-4-5-10(2)16(15(9)11(3)18)17(21)13-8-12(19)6-7-14(13)20/h4-8,19-20H,1-3H3. The Bertz CT molecular complexity index is 745. The highest BCUT2D eigenvalue weighted by atomic mass is 16.3. The molecule has 2 aromatic carbocycles. The van der Waals surface area contributed by atoms with Gasteiger partial charge in [-0.2, -0.15) is 0 Å². The van der Waals surface area contributed by atoms with E-state index >= 15 is 0 Å². The van der Waals surface area contributed by atoms with Crippen molar-refractivity contribution in [1.82, 2.24) is 0 Å². The minimum Gasteiger partial charge on any atom is -0.508 e. The normalized spacial score (nSPS) is 10.4. The van der Waals surface area contributed by atoms with Crippen LogP contribution in [-0.4, -0.2) is 21.8 Å². The van der Waals surface area contributed by atoms with E-state index < -0.39 is 5.78 Å². The molecule has 2 aromatic rings. The first-order valence-corrected chi connectivity index (χ1v) is 6.50. The predicted octanol–water partition coefficient (Wildman–Crippen LogP) is 3.15. The maximum Gasteiger partial charge on any atom is 0.197 e. The first-order valence-electron chi connectivity index (χ1n) is 6.50. The zero-order valence-corrected chi connectivity index (χ0v) is 12.1. The van der Waals surface area contributed by atoms with E-state index in [1.54, 1.807) is 26.0 Å². The molecule has 2 N–H and O–H groups in total. The van der Waals surface area contributed by atoms with Gasteiger partial charge in [0.2, 0.25) is 0 Å². The number of hydrogen-bond donors (Lipinski definition) is 2. The second-order valence-electron chi connectivity index (χ2n) is 5.04. The van der Waals surface area contributed by atoms with Crippen molar-refractivity contribution in [2.45, 2.75) is 20.8 Å². The minimum absolute atomic E-state index is 0.0220. The van der Waals surface area contributed by atoms with E-state index in [1.807, 2.05) is 0 Å². The van der Waals surface area contributed by atoms with E-state index in [1.165, 1.54) is 25.1 Å². The zero-order chi connectivity index (χ0) is 15.7. The van der Waals surface area contributed by atoms with Gasteiger partial charge >= 0.3 is 0 Å². The molecule has 0 aromatic heterocycles. The van der Waals surface area contributed by atoms with Crippen LogP contribution >= 0.6 is 0 Å². The Hall–Kier alpha value is -2.62. The molecule has 0 spiro atoms. The summed E-state index contributed by atoms with van der Waals surface area (Å²) in [5.74, 6) is -1.03. The van der Waals surface area contributed by atoms with Crippen molar-refractivity contribution in [3.8, 4) is 11.5 Å². The molecule has 21 heavy (non-hydrogen) atoms. The van der Waals surface area contributed by atoms with Crippen molar-refractivity contribution in [1.29, 1.82) is 0 Å². The van der Waals surface area contributed by atoms with Crippen molar-refractivity contribution in [2.75, 3.05) is 0 Å². The molecule has 0 saturated heterocycles. The van der Waals surface area contributed by atoms with Gasteiger partial charge in [0.25, 0.3) is 0 Å². The van der Waals surface area contributed by atoms with Gasteiger partial charge in [0, 0.05) is 11.1 Å². The number of carbonyl (C=O) groups excluding carboxylic acids is 2. The van der Waals surface area contributed by atoms with Crippen LogP contribution in [0.3, 0.4) is 0 Å². The van der Waals surface area contributed by atoms with Crippen LogP contribution in [-0.2, 0) is 0 Å². The number of Topliss-reactive ketones (excluding diaryl/α,β-unsaturated/α-hetero) is 1. The number of aromatic hydroxyl groups is 2. The van der Waals surface area contributed by atoms with E-state index in [-0.39, 0.29) is 28.4 Å². The second-order valence-corrected chi connectivity index (χ2v) is 5.04. The summed E-state index contributed by atoms with van der Waals surface area (Å²) < 4.78 is 0. The smallest absolute Gasteiger partial charge is 0.197 e. The van der Waals surface area contributed by atoms with Crippen LogP contribution in [0.25, 0.3) is 0 Å². The van der Waals surface area contributed by atoms with Crippen molar-refractivity contribution >= 4 is 11.6 Å². The maximum atomic E-state index is 12.7. The number of aryl methyl sites for hydroxylation is 2. The molecule has 4 nitrogen and oxygen atoms in total. The fourth-order valence-electron chi connectivity index (χ4n) is 2.40. The van der Waals surface area contributed by atoms with E-state index in [4.69, 9.17) is 0 Å². The number of phenolic OH excluding ortho intramolecular Hbond substituents is 2. The minimum atomic E-state index is -0.477. The third-order valence-corrected chi connectivity index (χ3v) is 3.43. The van der Waals surface area contributed by atoms with E-state index in [2.05, 4.69) is 0 Å². The van der Waals surface area contributed by atoms with Gasteiger partial charge in [-0.3, -0.25) is 9.59 Å². The maximum absolute atomic E-state index is 12.7. The summed E-state index contributed by atoms with van der Waals surface area (Å²) in [6, 6.07) is 7.28. The lowest BCUT2D eigenvalue weighted by Gasteiger charge is -2.13. The first kappa shape index (κ1) is 14.8. The number of rotatable bonds is 3. The van der Waals surface area contributed by atoms with Gasteiger partial charge in [-0.1, -0.05) is 12.1 Å². The molecule has 0 aliphatic carbocycles. The number of carbonyl (C=O) groups is 2. The highest BCUT2D eigenvalue weighted by Crippen LogP contribution is 2.28. The van der Waals surface area contributed by atoms with Gasteiger partial charge in [0.05, 0.1) is 5.56 Å². The average Bonchev–Trinajstić information content (AvgIpc) is 2.42. The lowest BCUT2D eigenvalue weighted by Crippen LogP contribution is -2.12. The highest BCUT2D eigenvalue weighted by Gasteiger charge is 2.22. The molecular formula is C17H16O4. The van der Waals surface area contributed by atoms with Crippen molar-refractivity contribution in [2.24, 2.45) is 0 Å². The molecule has 0 aliphatic heterocycles. The lowest BCUT2D eigenvalue weighted by atomic mass is 9.89.